The molecule has 1 rings (SSSR count). The van der Waals surface area contributed by atoms with Gasteiger partial charge in [-0.3, -0.25) is 0 Å². The molecule has 0 spiro atoms. The van der Waals surface area contributed by atoms with E-state index in [0.717, 1.165) is 0 Å². The molecule has 2 N–H and O–H groups in total. The maximum atomic E-state index is 11.8. The van der Waals surface area contributed by atoms with Gasteiger partial charge in [-0.2, -0.15) is 0 Å². The molecule has 2 amide bonds. The molecule has 2 unspecified atom stereocenters. The monoisotopic (exact) mass is 246 g/mol. The number of nitrogens with zero attached hydrogens (tertiary/aromatic N) is 1. The fourth-order valence-corrected chi connectivity index (χ4v) is 1.47. The summed E-state index contributed by atoms with van der Waals surface area (Å²) in [5.74, 6) is -1.06. The van der Waals surface area contributed by atoms with Gasteiger partial charge in [0.15, 0.2) is 6.04 Å². The van der Waals surface area contributed by atoms with Gasteiger partial charge >= 0.3 is 12.0 Å². The van der Waals surface area contributed by atoms with Crippen molar-refractivity contribution in [3.63, 3.8) is 0 Å². The molecule has 0 bridgehead atoms. The summed E-state index contributed by atoms with van der Waals surface area (Å²) in [6.07, 6.45) is -0.108. The molecule has 0 aromatic carbocycles. The van der Waals surface area contributed by atoms with Gasteiger partial charge in [-0.1, -0.05) is 0 Å². The second-order valence-corrected chi connectivity index (χ2v) is 3.85. The summed E-state index contributed by atoms with van der Waals surface area (Å²) >= 11 is 0. The van der Waals surface area contributed by atoms with E-state index in [4.69, 9.17) is 14.6 Å². The summed E-state index contributed by atoms with van der Waals surface area (Å²) in [6, 6.07) is -1.31. The predicted molar refractivity (Wildman–Crippen MR) is 58.8 cm³/mol. The molecule has 17 heavy (non-hydrogen) atoms. The third-order valence-electron chi connectivity index (χ3n) is 2.62. The van der Waals surface area contributed by atoms with E-state index in [9.17, 15) is 9.59 Å². The van der Waals surface area contributed by atoms with Crippen LogP contribution in [0.5, 0.6) is 0 Å². The van der Waals surface area contributed by atoms with Crippen molar-refractivity contribution in [1.29, 1.82) is 0 Å². The molecular formula is C10H18N2O5. The fourth-order valence-electron chi connectivity index (χ4n) is 1.47. The number of methoxy groups -OCH3 is 1. The summed E-state index contributed by atoms with van der Waals surface area (Å²) in [5.41, 5.74) is 0. The number of hydrogen-bond acceptors (Lipinski definition) is 4. The van der Waals surface area contributed by atoms with Gasteiger partial charge < -0.3 is 24.8 Å². The lowest BCUT2D eigenvalue weighted by Crippen LogP contribution is -2.56. The lowest BCUT2D eigenvalue weighted by atomic mass is 10.2. The van der Waals surface area contributed by atoms with Crippen LogP contribution in [0.3, 0.4) is 0 Å². The molecule has 0 aromatic rings. The molecule has 0 aliphatic carbocycles. The number of carboxylic acids is 1. The highest BCUT2D eigenvalue weighted by Crippen LogP contribution is 2.07. The maximum absolute atomic E-state index is 11.8. The van der Waals surface area contributed by atoms with E-state index in [1.807, 2.05) is 6.92 Å². The molecule has 7 heteroatoms. The van der Waals surface area contributed by atoms with E-state index in [-0.39, 0.29) is 19.3 Å². The summed E-state index contributed by atoms with van der Waals surface area (Å²) in [4.78, 5) is 24.0. The van der Waals surface area contributed by atoms with Crippen LogP contribution in [0.4, 0.5) is 4.79 Å². The minimum absolute atomic E-state index is 0.0303. The molecule has 1 aliphatic heterocycles. The first-order chi connectivity index (χ1) is 8.06. The van der Waals surface area contributed by atoms with Gasteiger partial charge in [-0.05, 0) is 6.92 Å². The van der Waals surface area contributed by atoms with Gasteiger partial charge in [0.1, 0.15) is 0 Å². The molecule has 1 heterocycles. The van der Waals surface area contributed by atoms with Crippen molar-refractivity contribution in [2.75, 3.05) is 33.4 Å². The standard InChI is InChI=1S/C10H18N2O5/c1-7(16-2)5-11-10(15)12-3-4-17-6-8(12)9(13)14/h7-8H,3-6H2,1-2H3,(H,11,15)(H,13,14). The molecule has 0 aromatic heterocycles. The zero-order chi connectivity index (χ0) is 12.8. The van der Waals surface area contributed by atoms with Crippen molar-refractivity contribution < 1.29 is 24.2 Å². The number of morpholine rings is 1. The number of urea groups is 1. The lowest BCUT2D eigenvalue weighted by Gasteiger charge is -2.33. The molecule has 7 nitrogen and oxygen atoms in total. The van der Waals surface area contributed by atoms with Crippen LogP contribution >= 0.6 is 0 Å². The second kappa shape index (κ2) is 6.41. The van der Waals surface area contributed by atoms with E-state index in [0.29, 0.717) is 13.2 Å². The maximum Gasteiger partial charge on any atom is 0.328 e. The van der Waals surface area contributed by atoms with Gasteiger partial charge in [-0.15, -0.1) is 0 Å². The zero-order valence-electron chi connectivity index (χ0n) is 10.0. The smallest absolute Gasteiger partial charge is 0.328 e. The largest absolute Gasteiger partial charge is 0.480 e. The topological polar surface area (TPSA) is 88.1 Å². The summed E-state index contributed by atoms with van der Waals surface area (Å²) in [5, 5.41) is 11.6. The van der Waals surface area contributed by atoms with Crippen LogP contribution in [0.1, 0.15) is 6.92 Å². The van der Waals surface area contributed by atoms with Gasteiger partial charge in [0.25, 0.3) is 0 Å². The van der Waals surface area contributed by atoms with Crippen molar-refractivity contribution in [2.24, 2.45) is 0 Å². The minimum Gasteiger partial charge on any atom is -0.480 e. The normalized spacial score (nSPS) is 22.0. The minimum atomic E-state index is -1.06. The lowest BCUT2D eigenvalue weighted by molar-refractivity contribution is -0.147. The third-order valence-corrected chi connectivity index (χ3v) is 2.62. The number of aliphatic carboxylic acids is 1. The Bertz CT molecular complexity index is 284. The molecule has 98 valence electrons. The number of nitrogens with one attached hydrogen (secondary N) is 1. The van der Waals surface area contributed by atoms with Crippen LogP contribution in [0.25, 0.3) is 0 Å². The van der Waals surface area contributed by atoms with Crippen LogP contribution in [0, 0.1) is 0 Å². The number of rotatable bonds is 4. The van der Waals surface area contributed by atoms with Crippen molar-refractivity contribution in [1.82, 2.24) is 10.2 Å². The Morgan fingerprint density at radius 2 is 2.35 bits per heavy atom. The Balaban J connectivity index is 2.50. The number of carboxylic acid groups (broad SMARTS) is 1. The fraction of sp³-hybridized carbons (Fsp3) is 0.800. The van der Waals surface area contributed by atoms with E-state index in [1.54, 1.807) is 7.11 Å². The summed E-state index contributed by atoms with van der Waals surface area (Å²) in [6.45, 7) is 2.83. The Morgan fingerprint density at radius 3 is 2.94 bits per heavy atom. The van der Waals surface area contributed by atoms with Crippen LogP contribution in [0.2, 0.25) is 0 Å². The molecule has 0 radical (unpaired) electrons. The van der Waals surface area contributed by atoms with Crippen molar-refractivity contribution >= 4 is 12.0 Å². The first-order valence-corrected chi connectivity index (χ1v) is 5.44. The van der Waals surface area contributed by atoms with Gasteiger partial charge in [0.2, 0.25) is 0 Å². The van der Waals surface area contributed by atoms with Crippen LogP contribution in [0.15, 0.2) is 0 Å². The number of hydrogen-bond donors (Lipinski definition) is 2. The highest BCUT2D eigenvalue weighted by atomic mass is 16.5. The van der Waals surface area contributed by atoms with E-state index in [2.05, 4.69) is 5.32 Å². The van der Waals surface area contributed by atoms with Gasteiger partial charge in [0, 0.05) is 20.2 Å². The number of carbonyl (C=O) groups excluding carboxylic acids is 1. The number of amides is 2. The highest BCUT2D eigenvalue weighted by molar-refractivity contribution is 5.83. The molecule has 1 aliphatic rings. The Morgan fingerprint density at radius 1 is 1.65 bits per heavy atom. The van der Waals surface area contributed by atoms with Gasteiger partial charge in [0.05, 0.1) is 19.3 Å². The van der Waals surface area contributed by atoms with Crippen molar-refractivity contribution in [2.45, 2.75) is 19.1 Å². The van der Waals surface area contributed by atoms with Crippen LogP contribution in [-0.4, -0.2) is 67.6 Å². The first-order valence-electron chi connectivity index (χ1n) is 5.44. The predicted octanol–water partition coefficient (Wildman–Crippen LogP) is -0.484. The van der Waals surface area contributed by atoms with E-state index >= 15 is 0 Å². The summed E-state index contributed by atoms with van der Waals surface area (Å²) in [7, 11) is 1.55. The molecule has 1 saturated heterocycles. The summed E-state index contributed by atoms with van der Waals surface area (Å²) < 4.78 is 10.0. The second-order valence-electron chi connectivity index (χ2n) is 3.85. The molecular weight excluding hydrogens is 228 g/mol. The molecule has 0 saturated carbocycles. The van der Waals surface area contributed by atoms with Crippen molar-refractivity contribution in [3.8, 4) is 0 Å². The zero-order valence-corrected chi connectivity index (χ0v) is 10.0. The molecule has 1 fully saturated rings. The number of ether oxygens (including phenoxy) is 2. The van der Waals surface area contributed by atoms with Gasteiger partial charge in [-0.25, -0.2) is 9.59 Å². The SMILES string of the molecule is COC(C)CNC(=O)N1CCOCC1C(=O)O. The Labute approximate surface area is 99.7 Å². The quantitative estimate of drug-likeness (QED) is 0.699. The first kappa shape index (κ1) is 13.7. The van der Waals surface area contributed by atoms with E-state index in [1.165, 1.54) is 4.90 Å². The Kier molecular flexibility index (Phi) is 5.17. The van der Waals surface area contributed by atoms with Crippen LogP contribution < -0.4 is 5.32 Å². The van der Waals surface area contributed by atoms with Crippen molar-refractivity contribution in [3.05, 3.63) is 0 Å². The average Bonchev–Trinajstić information content (AvgIpc) is 2.35. The van der Waals surface area contributed by atoms with E-state index < -0.39 is 18.0 Å². The van der Waals surface area contributed by atoms with Crippen LogP contribution in [-0.2, 0) is 14.3 Å². The third kappa shape index (κ3) is 3.86. The molecule has 2 atom stereocenters. The highest BCUT2D eigenvalue weighted by Gasteiger charge is 2.32. The number of carbonyl (C=O) groups is 2. The Hall–Kier alpha value is -1.34. The average molecular weight is 246 g/mol.